The van der Waals surface area contributed by atoms with Crippen molar-refractivity contribution in [1.29, 1.82) is 0 Å². The topological polar surface area (TPSA) is 93.5 Å². The maximum absolute atomic E-state index is 13.0. The molecule has 1 saturated heterocycles. The lowest BCUT2D eigenvalue weighted by molar-refractivity contribution is 0.0730. The highest BCUT2D eigenvalue weighted by Crippen LogP contribution is 2.34. The molecule has 1 atom stereocenters. The number of aromatic nitrogens is 2. The normalized spacial score (nSPS) is 19.5. The first-order chi connectivity index (χ1) is 14.9. The van der Waals surface area contributed by atoms with Gasteiger partial charge in [-0.3, -0.25) is 4.79 Å². The van der Waals surface area contributed by atoms with Crippen molar-refractivity contribution in [2.75, 3.05) is 26.3 Å². The van der Waals surface area contributed by atoms with Gasteiger partial charge in [0.05, 0.1) is 41.5 Å². The third-order valence-electron chi connectivity index (χ3n) is 6.10. The number of hydrogen-bond donors (Lipinski definition) is 1. The molecule has 0 saturated carbocycles. The Balaban J connectivity index is 1.39. The number of aryl methyl sites for hydroxylation is 2. The van der Waals surface area contributed by atoms with E-state index in [0.717, 1.165) is 35.0 Å². The van der Waals surface area contributed by atoms with E-state index in [1.807, 2.05) is 23.7 Å². The number of amides is 1. The number of carbonyl (C=O) groups excluding carboxylic acids is 1. The van der Waals surface area contributed by atoms with Crippen LogP contribution in [0.3, 0.4) is 0 Å². The predicted octanol–water partition coefficient (Wildman–Crippen LogP) is 2.01. The highest BCUT2D eigenvalue weighted by atomic mass is 32.2. The van der Waals surface area contributed by atoms with Crippen LogP contribution in [0.5, 0.6) is 0 Å². The first-order valence-electron chi connectivity index (χ1n) is 10.4. The van der Waals surface area contributed by atoms with E-state index in [2.05, 4.69) is 10.3 Å². The SMILES string of the molecule is Cn1cnc2cc(C(=O)N[C@@H]3CCc4ccc(S(=O)(=O)N5CCOCC5)cc43)ccc21. The zero-order chi connectivity index (χ0) is 21.6. The summed E-state index contributed by atoms with van der Waals surface area (Å²) in [7, 11) is -1.67. The van der Waals surface area contributed by atoms with Gasteiger partial charge >= 0.3 is 0 Å². The molecule has 1 aromatic heterocycles. The minimum Gasteiger partial charge on any atom is -0.379 e. The number of nitrogens with zero attached hydrogens (tertiary/aromatic N) is 3. The molecule has 0 bridgehead atoms. The van der Waals surface area contributed by atoms with Gasteiger partial charge in [0, 0.05) is 25.7 Å². The summed E-state index contributed by atoms with van der Waals surface area (Å²) in [5.74, 6) is -0.188. The van der Waals surface area contributed by atoms with Gasteiger partial charge in [-0.2, -0.15) is 4.31 Å². The highest BCUT2D eigenvalue weighted by molar-refractivity contribution is 7.89. The van der Waals surface area contributed by atoms with Crippen molar-refractivity contribution < 1.29 is 17.9 Å². The summed E-state index contributed by atoms with van der Waals surface area (Å²) in [6, 6.07) is 10.5. The molecule has 1 aliphatic carbocycles. The molecule has 1 amide bonds. The standard InChI is InChI=1S/C22H24N4O4S/c1-25-14-23-20-12-16(4-7-21(20)25)22(27)24-19-6-3-15-2-5-17(13-18(15)19)31(28,29)26-8-10-30-11-9-26/h2,4-5,7,12-14,19H,3,6,8-11H2,1H3,(H,24,27)/t19-/m1/s1. The summed E-state index contributed by atoms with van der Waals surface area (Å²) in [5, 5.41) is 3.08. The molecule has 5 rings (SSSR count). The second-order valence-electron chi connectivity index (χ2n) is 8.00. The molecule has 31 heavy (non-hydrogen) atoms. The van der Waals surface area contributed by atoms with Gasteiger partial charge in [0.1, 0.15) is 0 Å². The molecule has 9 heteroatoms. The summed E-state index contributed by atoms with van der Waals surface area (Å²) in [6.07, 6.45) is 3.27. The van der Waals surface area contributed by atoms with E-state index >= 15 is 0 Å². The number of benzene rings is 2. The maximum atomic E-state index is 13.0. The molecular formula is C22H24N4O4S. The molecule has 162 valence electrons. The Labute approximate surface area is 180 Å². The number of nitrogens with one attached hydrogen (secondary N) is 1. The van der Waals surface area contributed by atoms with Gasteiger partial charge in [-0.25, -0.2) is 13.4 Å². The Morgan fingerprint density at radius 1 is 1.16 bits per heavy atom. The van der Waals surface area contributed by atoms with Crippen LogP contribution in [-0.2, 0) is 28.2 Å². The molecule has 1 N–H and O–H groups in total. The zero-order valence-electron chi connectivity index (χ0n) is 17.2. The van der Waals surface area contributed by atoms with Crippen LogP contribution in [0.1, 0.15) is 33.9 Å². The number of ether oxygens (including phenoxy) is 1. The first-order valence-corrected chi connectivity index (χ1v) is 11.8. The quantitative estimate of drug-likeness (QED) is 0.670. The number of fused-ring (bicyclic) bond motifs is 2. The minimum absolute atomic E-state index is 0.188. The molecular weight excluding hydrogens is 416 g/mol. The Hall–Kier alpha value is -2.75. The van der Waals surface area contributed by atoms with E-state index in [-0.39, 0.29) is 16.8 Å². The summed E-state index contributed by atoms with van der Waals surface area (Å²) < 4.78 is 34.7. The number of hydrogen-bond acceptors (Lipinski definition) is 5. The van der Waals surface area contributed by atoms with E-state index in [9.17, 15) is 13.2 Å². The Bertz CT molecular complexity index is 1260. The van der Waals surface area contributed by atoms with Gasteiger partial charge in [0.15, 0.2) is 0 Å². The van der Waals surface area contributed by atoms with Gasteiger partial charge in [0.25, 0.3) is 5.91 Å². The fraction of sp³-hybridized carbons (Fsp3) is 0.364. The van der Waals surface area contributed by atoms with Crippen molar-refractivity contribution in [1.82, 2.24) is 19.2 Å². The van der Waals surface area contributed by atoms with Crippen LogP contribution in [0.4, 0.5) is 0 Å². The van der Waals surface area contributed by atoms with Crippen LogP contribution in [0.2, 0.25) is 0 Å². The van der Waals surface area contributed by atoms with Crippen molar-refractivity contribution in [3.05, 3.63) is 59.4 Å². The van der Waals surface area contributed by atoms with E-state index in [4.69, 9.17) is 4.74 Å². The fourth-order valence-corrected chi connectivity index (χ4v) is 5.79. The molecule has 0 spiro atoms. The predicted molar refractivity (Wildman–Crippen MR) is 115 cm³/mol. The number of sulfonamides is 1. The van der Waals surface area contributed by atoms with Crippen molar-refractivity contribution in [2.24, 2.45) is 7.05 Å². The lowest BCUT2D eigenvalue weighted by Crippen LogP contribution is -2.40. The zero-order valence-corrected chi connectivity index (χ0v) is 18.1. The van der Waals surface area contributed by atoms with E-state index < -0.39 is 10.0 Å². The van der Waals surface area contributed by atoms with Crippen LogP contribution in [0.15, 0.2) is 47.6 Å². The van der Waals surface area contributed by atoms with Crippen molar-refractivity contribution in [2.45, 2.75) is 23.8 Å². The lowest BCUT2D eigenvalue weighted by atomic mass is 10.1. The van der Waals surface area contributed by atoms with Gasteiger partial charge in [-0.15, -0.1) is 0 Å². The van der Waals surface area contributed by atoms with Crippen molar-refractivity contribution in [3.8, 4) is 0 Å². The second kappa shape index (κ2) is 7.74. The summed E-state index contributed by atoms with van der Waals surface area (Å²) in [6.45, 7) is 1.53. The van der Waals surface area contributed by atoms with Crippen LogP contribution in [0, 0.1) is 0 Å². The third kappa shape index (κ3) is 3.62. The average molecular weight is 441 g/mol. The first kappa shape index (κ1) is 20.2. The van der Waals surface area contributed by atoms with Gasteiger partial charge in [-0.05, 0) is 54.3 Å². The number of imidazole rings is 1. The molecule has 2 aromatic carbocycles. The molecule has 1 fully saturated rings. The highest BCUT2D eigenvalue weighted by Gasteiger charge is 2.30. The summed E-state index contributed by atoms with van der Waals surface area (Å²) in [4.78, 5) is 17.5. The van der Waals surface area contributed by atoms with E-state index in [1.54, 1.807) is 30.6 Å². The van der Waals surface area contributed by atoms with E-state index in [1.165, 1.54) is 4.31 Å². The molecule has 0 unspecified atom stereocenters. The van der Waals surface area contributed by atoms with Crippen LogP contribution in [-0.4, -0.2) is 54.5 Å². The van der Waals surface area contributed by atoms with Gasteiger partial charge < -0.3 is 14.6 Å². The van der Waals surface area contributed by atoms with Crippen molar-refractivity contribution in [3.63, 3.8) is 0 Å². The summed E-state index contributed by atoms with van der Waals surface area (Å²) >= 11 is 0. The van der Waals surface area contributed by atoms with Gasteiger partial charge in [-0.1, -0.05) is 6.07 Å². The second-order valence-corrected chi connectivity index (χ2v) is 9.94. The average Bonchev–Trinajstić information content (AvgIpc) is 3.37. The molecule has 3 aromatic rings. The van der Waals surface area contributed by atoms with Crippen molar-refractivity contribution >= 4 is 27.0 Å². The van der Waals surface area contributed by atoms with E-state index in [0.29, 0.717) is 31.9 Å². The molecule has 8 nitrogen and oxygen atoms in total. The summed E-state index contributed by atoms with van der Waals surface area (Å²) in [5.41, 5.74) is 4.21. The number of morpholine rings is 1. The minimum atomic E-state index is -3.58. The molecule has 2 heterocycles. The smallest absolute Gasteiger partial charge is 0.251 e. The fourth-order valence-electron chi connectivity index (χ4n) is 4.35. The molecule has 2 aliphatic rings. The number of carbonyl (C=O) groups is 1. The van der Waals surface area contributed by atoms with Crippen LogP contribution < -0.4 is 5.32 Å². The molecule has 0 radical (unpaired) electrons. The number of rotatable bonds is 4. The van der Waals surface area contributed by atoms with Crippen LogP contribution in [0.25, 0.3) is 11.0 Å². The maximum Gasteiger partial charge on any atom is 0.251 e. The Morgan fingerprint density at radius 2 is 1.97 bits per heavy atom. The Morgan fingerprint density at radius 3 is 2.77 bits per heavy atom. The monoisotopic (exact) mass is 440 g/mol. The largest absolute Gasteiger partial charge is 0.379 e. The third-order valence-corrected chi connectivity index (χ3v) is 7.99. The van der Waals surface area contributed by atoms with Gasteiger partial charge in [0.2, 0.25) is 10.0 Å². The molecule has 1 aliphatic heterocycles. The van der Waals surface area contributed by atoms with Crippen LogP contribution >= 0.6 is 0 Å². The Kier molecular flexibility index (Phi) is 5.04. The lowest BCUT2D eigenvalue weighted by Gasteiger charge is -2.26.